The van der Waals surface area contributed by atoms with Crippen LogP contribution in [0.3, 0.4) is 0 Å². The fraction of sp³-hybridized carbons (Fsp3) is 0.0476. The second-order valence-electron chi connectivity index (χ2n) is 6.64. The van der Waals surface area contributed by atoms with Gasteiger partial charge in [0.25, 0.3) is 5.56 Å². The first kappa shape index (κ1) is 17.2. The Morgan fingerprint density at radius 2 is 1.93 bits per heavy atom. The van der Waals surface area contributed by atoms with Gasteiger partial charge in [-0.3, -0.25) is 4.79 Å². The number of benzene rings is 2. The van der Waals surface area contributed by atoms with Gasteiger partial charge in [0.05, 0.1) is 11.8 Å². The van der Waals surface area contributed by atoms with Crippen molar-refractivity contribution in [3.05, 3.63) is 77.1 Å². The van der Waals surface area contributed by atoms with Crippen molar-refractivity contribution >= 4 is 21.9 Å². The number of imidazole rings is 1. The molecule has 0 bridgehead atoms. The maximum Gasteiger partial charge on any atom is 0.274 e. The molecule has 0 amide bonds. The van der Waals surface area contributed by atoms with E-state index in [1.807, 2.05) is 12.1 Å². The van der Waals surface area contributed by atoms with Gasteiger partial charge >= 0.3 is 0 Å². The summed E-state index contributed by atoms with van der Waals surface area (Å²) >= 11 is 0. The number of hydrogen-bond acceptors (Lipinski definition) is 3. The monoisotopic (exact) mass is 392 g/mol. The third-order valence-corrected chi connectivity index (χ3v) is 4.84. The molecule has 3 heterocycles. The molecular formula is C21H14F2N4O2. The predicted molar refractivity (Wildman–Crippen MR) is 105 cm³/mol. The molecule has 0 saturated heterocycles. The van der Waals surface area contributed by atoms with Crippen molar-refractivity contribution in [1.82, 2.24) is 19.5 Å². The van der Waals surface area contributed by atoms with Crippen LogP contribution in [0.15, 0.2) is 59.9 Å². The van der Waals surface area contributed by atoms with Gasteiger partial charge in [-0.15, -0.1) is 0 Å². The second kappa shape index (κ2) is 6.30. The molecule has 6 nitrogen and oxygen atoms in total. The highest BCUT2D eigenvalue weighted by atomic mass is 19.1. The van der Waals surface area contributed by atoms with Gasteiger partial charge in [-0.1, -0.05) is 0 Å². The van der Waals surface area contributed by atoms with E-state index in [9.17, 15) is 13.6 Å². The molecule has 2 aromatic carbocycles. The summed E-state index contributed by atoms with van der Waals surface area (Å²) in [5.41, 5.74) is 2.80. The van der Waals surface area contributed by atoms with E-state index < -0.39 is 11.6 Å². The predicted octanol–water partition coefficient (Wildman–Crippen LogP) is 4.48. The molecule has 5 rings (SSSR count). The van der Waals surface area contributed by atoms with E-state index in [1.165, 1.54) is 17.0 Å². The quantitative estimate of drug-likeness (QED) is 0.475. The van der Waals surface area contributed by atoms with Crippen LogP contribution in [0.2, 0.25) is 0 Å². The zero-order chi connectivity index (χ0) is 20.1. The Bertz CT molecular complexity index is 1450. The first-order valence-electron chi connectivity index (χ1n) is 8.79. The molecule has 0 spiro atoms. The third kappa shape index (κ3) is 2.68. The number of nitrogens with one attached hydrogen (secondary N) is 2. The Balaban J connectivity index is 1.80. The lowest BCUT2D eigenvalue weighted by Gasteiger charge is -2.14. The minimum absolute atomic E-state index is 0.127. The average molecular weight is 392 g/mol. The number of ether oxygens (including phenoxy) is 1. The highest BCUT2D eigenvalue weighted by molar-refractivity contribution is 6.00. The van der Waals surface area contributed by atoms with Gasteiger partial charge in [0, 0.05) is 42.0 Å². The van der Waals surface area contributed by atoms with Gasteiger partial charge in [0.2, 0.25) is 0 Å². The summed E-state index contributed by atoms with van der Waals surface area (Å²) in [7, 11) is 1.65. The van der Waals surface area contributed by atoms with E-state index in [2.05, 4.69) is 15.0 Å². The summed E-state index contributed by atoms with van der Waals surface area (Å²) in [6.45, 7) is 0. The highest BCUT2D eigenvalue weighted by Gasteiger charge is 2.19. The van der Waals surface area contributed by atoms with Crippen LogP contribution in [0.5, 0.6) is 11.5 Å². The lowest BCUT2D eigenvalue weighted by molar-refractivity contribution is 0.442. The van der Waals surface area contributed by atoms with E-state index in [0.717, 1.165) is 12.1 Å². The molecule has 0 aliphatic carbocycles. The van der Waals surface area contributed by atoms with Crippen LogP contribution in [0.1, 0.15) is 0 Å². The van der Waals surface area contributed by atoms with Crippen molar-refractivity contribution < 1.29 is 13.5 Å². The lowest BCUT2D eigenvalue weighted by Crippen LogP contribution is -2.16. The number of aromatic nitrogens is 4. The number of fused-ring (bicyclic) bond motifs is 2. The Morgan fingerprint density at radius 1 is 1.07 bits per heavy atom. The van der Waals surface area contributed by atoms with Gasteiger partial charge in [-0.05, 0) is 30.3 Å². The van der Waals surface area contributed by atoms with Crippen LogP contribution in [0.25, 0.3) is 33.1 Å². The lowest BCUT2D eigenvalue weighted by atomic mass is 10.0. The third-order valence-electron chi connectivity index (χ3n) is 4.84. The molecule has 0 aliphatic rings. The molecule has 3 aromatic heterocycles. The number of halogens is 2. The Morgan fingerprint density at radius 3 is 2.76 bits per heavy atom. The number of aromatic amines is 2. The summed E-state index contributed by atoms with van der Waals surface area (Å²) in [6, 6.07) is 8.55. The van der Waals surface area contributed by atoms with Crippen molar-refractivity contribution in [3.63, 3.8) is 0 Å². The fourth-order valence-corrected chi connectivity index (χ4v) is 3.45. The molecule has 0 aliphatic heterocycles. The topological polar surface area (TPSA) is 75.7 Å². The Labute approximate surface area is 162 Å². The fourth-order valence-electron chi connectivity index (χ4n) is 3.45. The maximum atomic E-state index is 14.3. The average Bonchev–Trinajstić information content (AvgIpc) is 3.37. The molecule has 0 unspecified atom stereocenters. The Kier molecular flexibility index (Phi) is 3.73. The van der Waals surface area contributed by atoms with Crippen molar-refractivity contribution in [3.8, 4) is 22.6 Å². The first-order chi connectivity index (χ1) is 14.0. The van der Waals surface area contributed by atoms with E-state index in [0.29, 0.717) is 38.8 Å². The van der Waals surface area contributed by atoms with Crippen LogP contribution < -0.4 is 10.3 Å². The standard InChI is InChI=1S/C21H14F2N4O2/c1-27-9-14(12-6-7-24-18(12)21(27)28)13-3-4-16-19(26-10-25-16)20(13)29-17-5-2-11(22)8-15(17)23/h2-10,24H,1H3,(H,25,26). The summed E-state index contributed by atoms with van der Waals surface area (Å²) in [4.78, 5) is 22.6. The van der Waals surface area contributed by atoms with Gasteiger partial charge in [-0.25, -0.2) is 13.8 Å². The zero-order valence-electron chi connectivity index (χ0n) is 15.2. The summed E-state index contributed by atoms with van der Waals surface area (Å²) in [5, 5.41) is 0.701. The van der Waals surface area contributed by atoms with Crippen molar-refractivity contribution in [1.29, 1.82) is 0 Å². The van der Waals surface area contributed by atoms with Gasteiger partial charge in [-0.2, -0.15) is 0 Å². The largest absolute Gasteiger partial charge is 0.451 e. The number of pyridine rings is 1. The molecule has 0 radical (unpaired) electrons. The molecule has 0 fully saturated rings. The number of hydrogen-bond donors (Lipinski definition) is 2. The number of rotatable bonds is 3. The van der Waals surface area contributed by atoms with Crippen molar-refractivity contribution in [2.75, 3.05) is 0 Å². The SMILES string of the molecule is Cn1cc(-c2ccc3[nH]cnc3c2Oc2ccc(F)cc2F)c2cc[nH]c2c1=O. The number of nitrogens with zero attached hydrogens (tertiary/aromatic N) is 2. The van der Waals surface area contributed by atoms with Crippen LogP contribution >= 0.6 is 0 Å². The van der Waals surface area contributed by atoms with Gasteiger partial charge < -0.3 is 19.3 Å². The number of aryl methyl sites for hydroxylation is 1. The van der Waals surface area contributed by atoms with Crippen molar-refractivity contribution in [2.45, 2.75) is 0 Å². The molecule has 2 N–H and O–H groups in total. The van der Waals surface area contributed by atoms with Gasteiger partial charge in [0.1, 0.15) is 16.9 Å². The Hall–Kier alpha value is -3.94. The summed E-state index contributed by atoms with van der Waals surface area (Å²) < 4.78 is 34.9. The van der Waals surface area contributed by atoms with Crippen LogP contribution in [-0.2, 0) is 7.05 Å². The van der Waals surface area contributed by atoms with E-state index in [4.69, 9.17) is 4.74 Å². The normalized spacial score (nSPS) is 11.4. The molecule has 0 saturated carbocycles. The molecule has 144 valence electrons. The minimum Gasteiger partial charge on any atom is -0.451 e. The smallest absolute Gasteiger partial charge is 0.274 e. The van der Waals surface area contributed by atoms with Crippen molar-refractivity contribution in [2.24, 2.45) is 7.05 Å². The van der Waals surface area contributed by atoms with E-state index in [-0.39, 0.29) is 11.3 Å². The maximum absolute atomic E-state index is 14.3. The van der Waals surface area contributed by atoms with E-state index >= 15 is 0 Å². The second-order valence-corrected chi connectivity index (χ2v) is 6.64. The van der Waals surface area contributed by atoms with E-state index in [1.54, 1.807) is 25.5 Å². The van der Waals surface area contributed by atoms with Crippen LogP contribution in [-0.4, -0.2) is 19.5 Å². The molecular weight excluding hydrogens is 378 g/mol. The summed E-state index contributed by atoms with van der Waals surface area (Å²) in [6.07, 6.45) is 4.89. The van der Waals surface area contributed by atoms with Gasteiger partial charge in [0.15, 0.2) is 17.3 Å². The molecule has 5 aromatic rings. The molecule has 29 heavy (non-hydrogen) atoms. The highest BCUT2D eigenvalue weighted by Crippen LogP contribution is 2.40. The van der Waals surface area contributed by atoms with Crippen LogP contribution in [0.4, 0.5) is 8.78 Å². The molecule has 0 atom stereocenters. The van der Waals surface area contributed by atoms with Crippen LogP contribution in [0, 0.1) is 11.6 Å². The molecule has 8 heteroatoms. The number of H-pyrrole nitrogens is 2. The summed E-state index contributed by atoms with van der Waals surface area (Å²) in [5.74, 6) is -1.34. The minimum atomic E-state index is -0.823. The first-order valence-corrected chi connectivity index (χ1v) is 8.79. The zero-order valence-corrected chi connectivity index (χ0v) is 15.2.